The average molecular weight is 266 g/mol. The molecular formula is C10H8BrN3O. The fourth-order valence-corrected chi connectivity index (χ4v) is 1.68. The molecule has 0 aliphatic heterocycles. The van der Waals surface area contributed by atoms with Gasteiger partial charge in [-0.25, -0.2) is 4.98 Å². The van der Waals surface area contributed by atoms with Gasteiger partial charge in [0.2, 0.25) is 0 Å². The van der Waals surface area contributed by atoms with Crippen LogP contribution in [0.4, 0.5) is 0 Å². The number of hydrogen-bond acceptors (Lipinski definition) is 2. The summed E-state index contributed by atoms with van der Waals surface area (Å²) in [6.45, 7) is 0. The van der Waals surface area contributed by atoms with Crippen LogP contribution in [0.15, 0.2) is 41.4 Å². The van der Waals surface area contributed by atoms with Crippen molar-refractivity contribution >= 4 is 21.8 Å². The van der Waals surface area contributed by atoms with Gasteiger partial charge in [0, 0.05) is 16.9 Å². The van der Waals surface area contributed by atoms with Crippen LogP contribution < -0.4 is 5.73 Å². The molecule has 1 aromatic heterocycles. The number of nitrogens with zero attached hydrogens (tertiary/aromatic N) is 2. The highest BCUT2D eigenvalue weighted by molar-refractivity contribution is 9.10. The van der Waals surface area contributed by atoms with Gasteiger partial charge in [0.05, 0.1) is 17.6 Å². The van der Waals surface area contributed by atoms with E-state index in [1.54, 1.807) is 35.4 Å². The quantitative estimate of drug-likeness (QED) is 0.899. The minimum Gasteiger partial charge on any atom is -0.366 e. The van der Waals surface area contributed by atoms with Gasteiger partial charge in [-0.15, -0.1) is 0 Å². The zero-order valence-electron chi connectivity index (χ0n) is 7.72. The standard InChI is InChI=1S/C10H8BrN3O/c11-7-1-2-8(10(12)15)9(5-7)14-4-3-13-6-14/h1-6H,(H2,12,15). The summed E-state index contributed by atoms with van der Waals surface area (Å²) in [6.07, 6.45) is 5.02. The normalized spacial score (nSPS) is 10.2. The summed E-state index contributed by atoms with van der Waals surface area (Å²) in [7, 11) is 0. The molecule has 0 fully saturated rings. The summed E-state index contributed by atoms with van der Waals surface area (Å²) < 4.78 is 2.63. The molecule has 2 N–H and O–H groups in total. The Kier molecular flexibility index (Phi) is 2.55. The number of halogens is 1. The van der Waals surface area contributed by atoms with E-state index in [0.717, 1.165) is 10.2 Å². The van der Waals surface area contributed by atoms with Crippen molar-refractivity contribution in [2.75, 3.05) is 0 Å². The Bertz CT molecular complexity index is 493. The van der Waals surface area contributed by atoms with Gasteiger partial charge in [-0.1, -0.05) is 15.9 Å². The lowest BCUT2D eigenvalue weighted by atomic mass is 10.1. The molecule has 0 aliphatic rings. The molecular weight excluding hydrogens is 258 g/mol. The molecule has 0 spiro atoms. The number of imidazole rings is 1. The van der Waals surface area contributed by atoms with E-state index in [9.17, 15) is 4.79 Å². The summed E-state index contributed by atoms with van der Waals surface area (Å²) in [5.74, 6) is -0.453. The van der Waals surface area contributed by atoms with Gasteiger partial charge in [0.1, 0.15) is 0 Å². The Morgan fingerprint density at radius 3 is 2.87 bits per heavy atom. The smallest absolute Gasteiger partial charge is 0.250 e. The zero-order chi connectivity index (χ0) is 10.8. The molecule has 0 unspecified atom stereocenters. The van der Waals surface area contributed by atoms with Crippen LogP contribution in [0.25, 0.3) is 5.69 Å². The Morgan fingerprint density at radius 2 is 2.27 bits per heavy atom. The maximum atomic E-state index is 11.2. The summed E-state index contributed by atoms with van der Waals surface area (Å²) in [6, 6.07) is 5.28. The maximum Gasteiger partial charge on any atom is 0.250 e. The molecule has 1 aromatic carbocycles. The van der Waals surface area contributed by atoms with Crippen molar-refractivity contribution in [3.63, 3.8) is 0 Å². The molecule has 2 aromatic rings. The zero-order valence-corrected chi connectivity index (χ0v) is 9.31. The molecule has 4 nitrogen and oxygen atoms in total. The fraction of sp³-hybridized carbons (Fsp3) is 0. The van der Waals surface area contributed by atoms with Gasteiger partial charge in [-0.05, 0) is 18.2 Å². The third-order valence-corrected chi connectivity index (χ3v) is 2.50. The van der Waals surface area contributed by atoms with Crippen LogP contribution in [0.5, 0.6) is 0 Å². The summed E-state index contributed by atoms with van der Waals surface area (Å²) in [5.41, 5.74) is 6.47. The van der Waals surface area contributed by atoms with E-state index in [2.05, 4.69) is 20.9 Å². The van der Waals surface area contributed by atoms with Crippen LogP contribution in [-0.4, -0.2) is 15.5 Å². The molecule has 1 heterocycles. The lowest BCUT2D eigenvalue weighted by Crippen LogP contribution is -2.14. The van der Waals surface area contributed by atoms with Gasteiger partial charge in [-0.2, -0.15) is 0 Å². The molecule has 76 valence electrons. The number of nitrogens with two attached hydrogens (primary N) is 1. The first-order chi connectivity index (χ1) is 7.18. The largest absolute Gasteiger partial charge is 0.366 e. The van der Waals surface area contributed by atoms with Crippen molar-refractivity contribution < 1.29 is 4.79 Å². The Morgan fingerprint density at radius 1 is 1.47 bits per heavy atom. The average Bonchev–Trinajstić information content (AvgIpc) is 2.69. The minimum absolute atomic E-state index is 0.453. The number of primary amides is 1. The predicted octanol–water partition coefficient (Wildman–Crippen LogP) is 1.73. The second-order valence-electron chi connectivity index (χ2n) is 3.00. The molecule has 1 amide bonds. The number of amides is 1. The molecule has 0 radical (unpaired) electrons. The predicted molar refractivity (Wildman–Crippen MR) is 59.8 cm³/mol. The molecule has 5 heteroatoms. The number of carbonyl (C=O) groups is 1. The van der Waals surface area contributed by atoms with Crippen LogP contribution >= 0.6 is 15.9 Å². The van der Waals surface area contributed by atoms with Crippen molar-refractivity contribution in [1.82, 2.24) is 9.55 Å². The van der Waals surface area contributed by atoms with Gasteiger partial charge in [0.25, 0.3) is 5.91 Å². The van der Waals surface area contributed by atoms with E-state index < -0.39 is 5.91 Å². The van der Waals surface area contributed by atoms with E-state index in [0.29, 0.717) is 5.56 Å². The Hall–Kier alpha value is -1.62. The van der Waals surface area contributed by atoms with E-state index >= 15 is 0 Å². The summed E-state index contributed by atoms with van der Waals surface area (Å²) in [5, 5.41) is 0. The van der Waals surface area contributed by atoms with E-state index in [4.69, 9.17) is 5.73 Å². The third-order valence-electron chi connectivity index (χ3n) is 2.01. The summed E-state index contributed by atoms with van der Waals surface area (Å²) >= 11 is 3.35. The Balaban J connectivity index is 2.63. The molecule has 0 atom stereocenters. The van der Waals surface area contributed by atoms with Gasteiger partial charge in [-0.3, -0.25) is 4.79 Å². The monoisotopic (exact) mass is 265 g/mol. The highest BCUT2D eigenvalue weighted by Gasteiger charge is 2.09. The third kappa shape index (κ3) is 1.92. The van der Waals surface area contributed by atoms with E-state index in [-0.39, 0.29) is 0 Å². The van der Waals surface area contributed by atoms with E-state index in [1.165, 1.54) is 0 Å². The SMILES string of the molecule is NC(=O)c1ccc(Br)cc1-n1ccnc1. The van der Waals surface area contributed by atoms with Crippen molar-refractivity contribution in [2.45, 2.75) is 0 Å². The first-order valence-corrected chi connectivity index (χ1v) is 5.05. The number of rotatable bonds is 2. The number of benzene rings is 1. The molecule has 2 rings (SSSR count). The number of carbonyl (C=O) groups excluding carboxylic acids is 1. The van der Waals surface area contributed by atoms with Crippen LogP contribution in [0, 0.1) is 0 Å². The van der Waals surface area contributed by atoms with Crippen LogP contribution in [0.2, 0.25) is 0 Å². The topological polar surface area (TPSA) is 60.9 Å². The lowest BCUT2D eigenvalue weighted by molar-refractivity contribution is 0.100. The number of hydrogen-bond donors (Lipinski definition) is 1. The second-order valence-corrected chi connectivity index (χ2v) is 3.91. The van der Waals surface area contributed by atoms with Crippen LogP contribution in [0.3, 0.4) is 0 Å². The molecule has 0 aliphatic carbocycles. The minimum atomic E-state index is -0.453. The first-order valence-electron chi connectivity index (χ1n) is 4.26. The second kappa shape index (κ2) is 3.86. The highest BCUT2D eigenvalue weighted by atomic mass is 79.9. The summed E-state index contributed by atoms with van der Waals surface area (Å²) in [4.78, 5) is 15.1. The van der Waals surface area contributed by atoms with Crippen molar-refractivity contribution in [1.29, 1.82) is 0 Å². The Labute approximate surface area is 94.9 Å². The molecule has 0 saturated carbocycles. The van der Waals surface area contributed by atoms with Gasteiger partial charge >= 0.3 is 0 Å². The maximum absolute atomic E-state index is 11.2. The van der Waals surface area contributed by atoms with Gasteiger partial charge in [0.15, 0.2) is 0 Å². The van der Waals surface area contributed by atoms with E-state index in [1.807, 2.05) is 6.07 Å². The lowest BCUT2D eigenvalue weighted by Gasteiger charge is -2.07. The van der Waals surface area contributed by atoms with Crippen molar-refractivity contribution in [3.8, 4) is 5.69 Å². The molecule has 0 saturated heterocycles. The van der Waals surface area contributed by atoms with Crippen LogP contribution in [-0.2, 0) is 0 Å². The van der Waals surface area contributed by atoms with Gasteiger partial charge < -0.3 is 10.3 Å². The van der Waals surface area contributed by atoms with Crippen LogP contribution in [0.1, 0.15) is 10.4 Å². The molecule has 15 heavy (non-hydrogen) atoms. The fourth-order valence-electron chi connectivity index (χ4n) is 1.33. The number of aromatic nitrogens is 2. The molecule has 0 bridgehead atoms. The highest BCUT2D eigenvalue weighted by Crippen LogP contribution is 2.19. The first kappa shape index (κ1) is 9.92. The van der Waals surface area contributed by atoms with Crippen molar-refractivity contribution in [2.24, 2.45) is 5.73 Å². The van der Waals surface area contributed by atoms with Crippen molar-refractivity contribution in [3.05, 3.63) is 47.0 Å².